The molecule has 2 aromatic carbocycles. The van der Waals surface area contributed by atoms with Crippen LogP contribution in [0.15, 0.2) is 65.3 Å². The molecular weight excluding hydrogens is 346 g/mol. The highest BCUT2D eigenvalue weighted by atomic mass is 16.5. The molecule has 0 unspecified atom stereocenters. The number of nitrogens with one attached hydrogen (secondary N) is 1. The Kier molecular flexibility index (Phi) is 5.99. The van der Waals surface area contributed by atoms with Crippen LogP contribution in [0, 0.1) is 0 Å². The van der Waals surface area contributed by atoms with E-state index < -0.39 is 0 Å². The van der Waals surface area contributed by atoms with Crippen LogP contribution in [0.4, 0.5) is 0 Å². The lowest BCUT2D eigenvalue weighted by molar-refractivity contribution is 0.0948. The molecule has 140 valence electrons. The average Bonchev–Trinajstić information content (AvgIpc) is 3.24. The molecule has 0 saturated carbocycles. The van der Waals surface area contributed by atoms with E-state index >= 15 is 0 Å². The van der Waals surface area contributed by atoms with Gasteiger partial charge in [0.1, 0.15) is 29.6 Å². The van der Waals surface area contributed by atoms with Crippen LogP contribution in [0.2, 0.25) is 0 Å². The lowest BCUT2D eigenvalue weighted by atomic mass is 10.1. The molecule has 3 rings (SSSR count). The summed E-state index contributed by atoms with van der Waals surface area (Å²) in [4.78, 5) is 12.4. The minimum atomic E-state index is -0.198. The van der Waals surface area contributed by atoms with Crippen molar-refractivity contribution in [1.82, 2.24) is 5.32 Å². The molecule has 6 nitrogen and oxygen atoms in total. The molecule has 1 heterocycles. The van der Waals surface area contributed by atoms with E-state index in [-0.39, 0.29) is 12.5 Å². The monoisotopic (exact) mass is 367 g/mol. The molecule has 0 saturated heterocycles. The van der Waals surface area contributed by atoms with Crippen LogP contribution in [0.25, 0.3) is 0 Å². The highest BCUT2D eigenvalue weighted by Crippen LogP contribution is 2.24. The smallest absolute Gasteiger partial charge is 0.251 e. The van der Waals surface area contributed by atoms with Gasteiger partial charge in [-0.15, -0.1) is 0 Å². The first-order valence-electron chi connectivity index (χ1n) is 8.44. The van der Waals surface area contributed by atoms with Crippen molar-refractivity contribution < 1.29 is 23.4 Å². The summed E-state index contributed by atoms with van der Waals surface area (Å²) in [6, 6.07) is 16.2. The number of amides is 1. The lowest BCUT2D eigenvalue weighted by Crippen LogP contribution is -2.22. The average molecular weight is 367 g/mol. The normalized spacial score (nSPS) is 10.3. The molecule has 1 N–H and O–H groups in total. The summed E-state index contributed by atoms with van der Waals surface area (Å²) in [7, 11) is 3.19. The van der Waals surface area contributed by atoms with E-state index in [1.165, 1.54) is 0 Å². The van der Waals surface area contributed by atoms with Crippen molar-refractivity contribution in [2.24, 2.45) is 0 Å². The number of ether oxygens (including phenoxy) is 3. The SMILES string of the molecule is COc1cccc(OCc2cc(C(=O)NCc3ccco3)ccc2OC)c1. The Labute approximate surface area is 157 Å². The number of rotatable bonds is 8. The lowest BCUT2D eigenvalue weighted by Gasteiger charge is -2.13. The minimum absolute atomic E-state index is 0.198. The van der Waals surface area contributed by atoms with Crippen LogP contribution in [0.5, 0.6) is 17.2 Å². The second-order valence-electron chi connectivity index (χ2n) is 5.76. The maximum atomic E-state index is 12.4. The predicted molar refractivity (Wildman–Crippen MR) is 100 cm³/mol. The summed E-state index contributed by atoms with van der Waals surface area (Å²) in [5, 5.41) is 2.82. The fourth-order valence-corrected chi connectivity index (χ4v) is 2.57. The maximum Gasteiger partial charge on any atom is 0.251 e. The van der Waals surface area contributed by atoms with Crippen LogP contribution < -0.4 is 19.5 Å². The number of hydrogen-bond donors (Lipinski definition) is 1. The number of methoxy groups -OCH3 is 2. The zero-order valence-corrected chi connectivity index (χ0v) is 15.2. The quantitative estimate of drug-likeness (QED) is 0.656. The highest BCUT2D eigenvalue weighted by Gasteiger charge is 2.11. The molecule has 0 aliphatic carbocycles. The van der Waals surface area contributed by atoms with Gasteiger partial charge in [-0.05, 0) is 42.5 Å². The summed E-state index contributed by atoms with van der Waals surface area (Å²) < 4.78 is 21.6. The van der Waals surface area contributed by atoms with Crippen LogP contribution >= 0.6 is 0 Å². The fraction of sp³-hybridized carbons (Fsp3) is 0.190. The zero-order chi connectivity index (χ0) is 19.1. The third-order valence-corrected chi connectivity index (χ3v) is 3.98. The third-order valence-electron chi connectivity index (χ3n) is 3.98. The van der Waals surface area contributed by atoms with Crippen LogP contribution in [0.1, 0.15) is 21.7 Å². The molecule has 3 aromatic rings. The van der Waals surface area contributed by atoms with Crippen LogP contribution in [-0.2, 0) is 13.2 Å². The van der Waals surface area contributed by atoms with Gasteiger partial charge < -0.3 is 23.9 Å². The molecule has 0 bridgehead atoms. The van der Waals surface area contributed by atoms with Crippen molar-refractivity contribution in [2.75, 3.05) is 14.2 Å². The first kappa shape index (κ1) is 18.4. The van der Waals surface area contributed by atoms with Crippen molar-refractivity contribution in [2.45, 2.75) is 13.2 Å². The molecule has 0 radical (unpaired) electrons. The summed E-state index contributed by atoms with van der Waals surface area (Å²) in [5.41, 5.74) is 1.29. The van der Waals surface area contributed by atoms with Crippen LogP contribution in [-0.4, -0.2) is 20.1 Å². The summed E-state index contributed by atoms with van der Waals surface area (Å²) in [5.74, 6) is 2.53. The standard InChI is InChI=1S/C21H21NO5/c1-24-17-5-3-6-18(12-17)27-14-16-11-15(8-9-20(16)25-2)21(23)22-13-19-7-4-10-26-19/h3-12H,13-14H2,1-2H3,(H,22,23). The largest absolute Gasteiger partial charge is 0.497 e. The Hall–Kier alpha value is -3.41. The molecule has 27 heavy (non-hydrogen) atoms. The van der Waals surface area contributed by atoms with E-state index in [4.69, 9.17) is 18.6 Å². The number of benzene rings is 2. The van der Waals surface area contributed by atoms with Gasteiger partial charge in [0.25, 0.3) is 5.91 Å². The van der Waals surface area contributed by atoms with Crippen molar-refractivity contribution in [3.05, 3.63) is 77.7 Å². The molecule has 6 heteroatoms. The zero-order valence-electron chi connectivity index (χ0n) is 15.2. The number of carbonyl (C=O) groups is 1. The minimum Gasteiger partial charge on any atom is -0.497 e. The first-order chi connectivity index (χ1) is 13.2. The molecule has 0 atom stereocenters. The molecule has 0 fully saturated rings. The van der Waals surface area contributed by atoms with Gasteiger partial charge in [0.2, 0.25) is 0 Å². The molecular formula is C21H21NO5. The second-order valence-corrected chi connectivity index (χ2v) is 5.76. The summed E-state index contributed by atoms with van der Waals surface area (Å²) in [6.45, 7) is 0.586. The van der Waals surface area contributed by atoms with Gasteiger partial charge in [-0.3, -0.25) is 4.79 Å². The van der Waals surface area contributed by atoms with E-state index in [2.05, 4.69) is 5.32 Å². The van der Waals surface area contributed by atoms with Crippen molar-refractivity contribution >= 4 is 5.91 Å². The molecule has 0 aliphatic rings. The van der Waals surface area contributed by atoms with Crippen molar-refractivity contribution in [1.29, 1.82) is 0 Å². The van der Waals surface area contributed by atoms with E-state index in [0.29, 0.717) is 35.1 Å². The summed E-state index contributed by atoms with van der Waals surface area (Å²) >= 11 is 0. The Morgan fingerprint density at radius 1 is 1.00 bits per heavy atom. The number of hydrogen-bond acceptors (Lipinski definition) is 5. The van der Waals surface area contributed by atoms with Gasteiger partial charge in [-0.1, -0.05) is 6.07 Å². The van der Waals surface area contributed by atoms with E-state index in [1.54, 1.807) is 50.8 Å². The molecule has 1 aromatic heterocycles. The van der Waals surface area contributed by atoms with Gasteiger partial charge in [-0.2, -0.15) is 0 Å². The van der Waals surface area contributed by atoms with E-state index in [1.807, 2.05) is 24.3 Å². The Bertz CT molecular complexity index is 889. The van der Waals surface area contributed by atoms with Crippen molar-refractivity contribution in [3.8, 4) is 17.2 Å². The van der Waals surface area contributed by atoms with Crippen LogP contribution in [0.3, 0.4) is 0 Å². The molecule has 0 aliphatic heterocycles. The maximum absolute atomic E-state index is 12.4. The number of furan rings is 1. The van der Waals surface area contributed by atoms with Gasteiger partial charge in [0.15, 0.2) is 0 Å². The van der Waals surface area contributed by atoms with E-state index in [9.17, 15) is 4.79 Å². The fourth-order valence-electron chi connectivity index (χ4n) is 2.57. The van der Waals surface area contributed by atoms with Gasteiger partial charge in [-0.25, -0.2) is 0 Å². The Morgan fingerprint density at radius 3 is 2.59 bits per heavy atom. The Balaban J connectivity index is 1.69. The van der Waals surface area contributed by atoms with Gasteiger partial charge in [0.05, 0.1) is 27.0 Å². The highest BCUT2D eigenvalue weighted by molar-refractivity contribution is 5.94. The second kappa shape index (κ2) is 8.80. The van der Waals surface area contributed by atoms with Crippen molar-refractivity contribution in [3.63, 3.8) is 0 Å². The number of carbonyl (C=O) groups excluding carboxylic acids is 1. The first-order valence-corrected chi connectivity index (χ1v) is 8.44. The van der Waals surface area contributed by atoms with Gasteiger partial charge in [0, 0.05) is 17.2 Å². The topological polar surface area (TPSA) is 69.9 Å². The molecule has 1 amide bonds. The third kappa shape index (κ3) is 4.82. The Morgan fingerprint density at radius 2 is 1.85 bits per heavy atom. The predicted octanol–water partition coefficient (Wildman–Crippen LogP) is 3.81. The molecule has 0 spiro atoms. The van der Waals surface area contributed by atoms with Gasteiger partial charge >= 0.3 is 0 Å². The summed E-state index contributed by atoms with van der Waals surface area (Å²) in [6.07, 6.45) is 1.57. The van der Waals surface area contributed by atoms with E-state index in [0.717, 1.165) is 5.56 Å².